The summed E-state index contributed by atoms with van der Waals surface area (Å²) in [5.74, 6) is 0.731. The van der Waals surface area contributed by atoms with Crippen LogP contribution in [0.5, 0.6) is 0 Å². The zero-order valence-corrected chi connectivity index (χ0v) is 12.0. The Morgan fingerprint density at radius 3 is 2.50 bits per heavy atom. The first-order valence-electron chi connectivity index (χ1n) is 6.95. The van der Waals surface area contributed by atoms with E-state index in [4.69, 9.17) is 4.74 Å². The van der Waals surface area contributed by atoms with E-state index in [2.05, 4.69) is 36.5 Å². The number of ether oxygens (including phenoxy) is 1. The lowest BCUT2D eigenvalue weighted by atomic mass is 9.93. The molecule has 0 saturated heterocycles. The van der Waals surface area contributed by atoms with Crippen LogP contribution >= 0.6 is 0 Å². The number of aryl methyl sites for hydroxylation is 1. The van der Waals surface area contributed by atoms with E-state index in [9.17, 15) is 0 Å². The molecule has 0 spiro atoms. The number of methoxy groups -OCH3 is 1. The lowest BCUT2D eigenvalue weighted by molar-refractivity contribution is 0.190. The molecular formula is C16H27NO. The van der Waals surface area contributed by atoms with E-state index in [1.54, 1.807) is 7.11 Å². The number of nitrogens with one attached hydrogen (secondary N) is 1. The van der Waals surface area contributed by atoms with Gasteiger partial charge in [-0.1, -0.05) is 36.2 Å². The molecule has 0 heterocycles. The largest absolute Gasteiger partial charge is 0.385 e. The number of unbranched alkanes of at least 4 members (excludes halogenated alkanes) is 1. The molecule has 102 valence electrons. The topological polar surface area (TPSA) is 21.3 Å². The fraction of sp³-hybridized carbons (Fsp3) is 0.625. The molecule has 0 radical (unpaired) electrons. The van der Waals surface area contributed by atoms with Gasteiger partial charge < -0.3 is 10.1 Å². The van der Waals surface area contributed by atoms with Crippen molar-refractivity contribution in [3.05, 3.63) is 35.4 Å². The van der Waals surface area contributed by atoms with Gasteiger partial charge in [0.2, 0.25) is 0 Å². The van der Waals surface area contributed by atoms with Crippen molar-refractivity contribution < 1.29 is 4.74 Å². The van der Waals surface area contributed by atoms with Crippen molar-refractivity contribution in [2.75, 3.05) is 27.3 Å². The van der Waals surface area contributed by atoms with Crippen molar-refractivity contribution in [3.8, 4) is 0 Å². The molecule has 2 nitrogen and oxygen atoms in total. The Hall–Kier alpha value is -0.860. The molecular weight excluding hydrogens is 222 g/mol. The third kappa shape index (κ3) is 6.18. The Morgan fingerprint density at radius 1 is 1.17 bits per heavy atom. The normalized spacial score (nSPS) is 12.6. The average Bonchev–Trinajstić information content (AvgIpc) is 2.37. The van der Waals surface area contributed by atoms with E-state index in [0.717, 1.165) is 19.1 Å². The third-order valence-corrected chi connectivity index (χ3v) is 3.35. The summed E-state index contributed by atoms with van der Waals surface area (Å²) in [5.41, 5.74) is 2.79. The molecule has 0 amide bonds. The lowest BCUT2D eigenvalue weighted by Gasteiger charge is -2.16. The van der Waals surface area contributed by atoms with Crippen molar-refractivity contribution in [1.29, 1.82) is 0 Å². The van der Waals surface area contributed by atoms with Gasteiger partial charge in [0.05, 0.1) is 0 Å². The molecule has 1 rings (SSSR count). The molecule has 0 aliphatic heterocycles. The maximum absolute atomic E-state index is 5.10. The summed E-state index contributed by atoms with van der Waals surface area (Å²) in [5, 5.41) is 3.31. The number of hydrogen-bond acceptors (Lipinski definition) is 2. The lowest BCUT2D eigenvalue weighted by Crippen LogP contribution is -2.21. The van der Waals surface area contributed by atoms with Crippen LogP contribution < -0.4 is 5.32 Å². The first kappa shape index (κ1) is 15.2. The second kappa shape index (κ2) is 9.12. The SMILES string of the molecule is CNCC(CCCCOC)Cc1ccc(C)cc1. The number of benzene rings is 1. The molecule has 1 atom stereocenters. The minimum Gasteiger partial charge on any atom is -0.385 e. The highest BCUT2D eigenvalue weighted by atomic mass is 16.5. The molecule has 0 fully saturated rings. The molecule has 0 aliphatic carbocycles. The van der Waals surface area contributed by atoms with Gasteiger partial charge in [0.15, 0.2) is 0 Å². The van der Waals surface area contributed by atoms with E-state index in [1.807, 2.05) is 7.05 Å². The van der Waals surface area contributed by atoms with Gasteiger partial charge in [-0.25, -0.2) is 0 Å². The summed E-state index contributed by atoms with van der Waals surface area (Å²) in [6, 6.07) is 8.92. The molecule has 1 aromatic carbocycles. The molecule has 0 aliphatic rings. The van der Waals surface area contributed by atoms with E-state index in [0.29, 0.717) is 0 Å². The summed E-state index contributed by atoms with van der Waals surface area (Å²) in [4.78, 5) is 0. The Kier molecular flexibility index (Phi) is 7.70. The van der Waals surface area contributed by atoms with Crippen molar-refractivity contribution in [2.45, 2.75) is 32.6 Å². The molecule has 1 N–H and O–H groups in total. The van der Waals surface area contributed by atoms with Crippen LogP contribution in [0.1, 0.15) is 30.4 Å². The predicted octanol–water partition coefficient (Wildman–Crippen LogP) is 3.19. The van der Waals surface area contributed by atoms with Gasteiger partial charge >= 0.3 is 0 Å². The van der Waals surface area contributed by atoms with Gasteiger partial charge in [0.25, 0.3) is 0 Å². The van der Waals surface area contributed by atoms with Crippen molar-refractivity contribution in [3.63, 3.8) is 0 Å². The third-order valence-electron chi connectivity index (χ3n) is 3.35. The fourth-order valence-corrected chi connectivity index (χ4v) is 2.30. The Morgan fingerprint density at radius 2 is 1.89 bits per heavy atom. The quantitative estimate of drug-likeness (QED) is 0.679. The summed E-state index contributed by atoms with van der Waals surface area (Å²) in [7, 11) is 3.81. The maximum Gasteiger partial charge on any atom is 0.0462 e. The van der Waals surface area contributed by atoms with Gasteiger partial charge in [-0.2, -0.15) is 0 Å². The Balaban J connectivity index is 2.38. The standard InChI is InChI=1S/C16H27NO/c1-14-7-9-15(10-8-14)12-16(13-17-2)6-4-5-11-18-3/h7-10,16-17H,4-6,11-13H2,1-3H3. The van der Waals surface area contributed by atoms with Crippen LogP contribution in [0.3, 0.4) is 0 Å². The maximum atomic E-state index is 5.10. The first-order valence-corrected chi connectivity index (χ1v) is 6.95. The van der Waals surface area contributed by atoms with Crippen LogP contribution in [-0.4, -0.2) is 27.3 Å². The van der Waals surface area contributed by atoms with Crippen molar-refractivity contribution in [1.82, 2.24) is 5.32 Å². The zero-order valence-electron chi connectivity index (χ0n) is 12.0. The molecule has 2 heteroatoms. The second-order valence-electron chi connectivity index (χ2n) is 5.10. The van der Waals surface area contributed by atoms with Gasteiger partial charge in [-0.15, -0.1) is 0 Å². The zero-order chi connectivity index (χ0) is 13.2. The average molecular weight is 249 g/mol. The van der Waals surface area contributed by atoms with Crippen LogP contribution in [0.15, 0.2) is 24.3 Å². The fourth-order valence-electron chi connectivity index (χ4n) is 2.30. The molecule has 18 heavy (non-hydrogen) atoms. The van der Waals surface area contributed by atoms with Crippen LogP contribution in [0.25, 0.3) is 0 Å². The van der Waals surface area contributed by atoms with Gasteiger partial charge in [-0.3, -0.25) is 0 Å². The van der Waals surface area contributed by atoms with Gasteiger partial charge in [0.1, 0.15) is 0 Å². The monoisotopic (exact) mass is 249 g/mol. The highest BCUT2D eigenvalue weighted by Crippen LogP contribution is 2.15. The van der Waals surface area contributed by atoms with E-state index < -0.39 is 0 Å². The van der Waals surface area contributed by atoms with Crippen LogP contribution in [0.2, 0.25) is 0 Å². The van der Waals surface area contributed by atoms with Crippen molar-refractivity contribution in [2.24, 2.45) is 5.92 Å². The van der Waals surface area contributed by atoms with Crippen LogP contribution in [0, 0.1) is 12.8 Å². The van der Waals surface area contributed by atoms with Gasteiger partial charge in [-0.05, 0) is 51.3 Å². The summed E-state index contributed by atoms with van der Waals surface area (Å²) in [6.07, 6.45) is 4.88. The summed E-state index contributed by atoms with van der Waals surface area (Å²) in [6.45, 7) is 4.12. The molecule has 1 unspecified atom stereocenters. The first-order chi connectivity index (χ1) is 8.76. The Labute approximate surface area is 112 Å². The minimum atomic E-state index is 0.731. The van der Waals surface area contributed by atoms with E-state index in [-0.39, 0.29) is 0 Å². The number of rotatable bonds is 9. The highest BCUT2D eigenvalue weighted by Gasteiger charge is 2.08. The van der Waals surface area contributed by atoms with Crippen molar-refractivity contribution >= 4 is 0 Å². The summed E-state index contributed by atoms with van der Waals surface area (Å²) >= 11 is 0. The highest BCUT2D eigenvalue weighted by molar-refractivity contribution is 5.21. The molecule has 0 saturated carbocycles. The second-order valence-corrected chi connectivity index (χ2v) is 5.10. The van der Waals surface area contributed by atoms with Gasteiger partial charge in [0, 0.05) is 13.7 Å². The molecule has 1 aromatic rings. The number of hydrogen-bond donors (Lipinski definition) is 1. The smallest absolute Gasteiger partial charge is 0.0462 e. The molecule has 0 bridgehead atoms. The molecule has 0 aromatic heterocycles. The minimum absolute atomic E-state index is 0.731. The Bertz CT molecular complexity index is 307. The summed E-state index contributed by atoms with van der Waals surface area (Å²) < 4.78 is 5.10. The van der Waals surface area contributed by atoms with E-state index >= 15 is 0 Å². The van der Waals surface area contributed by atoms with Crippen LogP contribution in [0.4, 0.5) is 0 Å². The van der Waals surface area contributed by atoms with E-state index in [1.165, 1.54) is 36.8 Å². The predicted molar refractivity (Wildman–Crippen MR) is 78.0 cm³/mol. The van der Waals surface area contributed by atoms with Crippen LogP contribution in [-0.2, 0) is 11.2 Å².